The molecule has 2 aliphatic heterocycles. The summed E-state index contributed by atoms with van der Waals surface area (Å²) in [5.74, 6) is -0.589. The molecule has 1 N–H and O–H groups in total. The topological polar surface area (TPSA) is 83.4 Å². The lowest BCUT2D eigenvalue weighted by Gasteiger charge is -2.14. The van der Waals surface area contributed by atoms with Gasteiger partial charge >= 0.3 is 0 Å². The van der Waals surface area contributed by atoms with Crippen LogP contribution in [0.25, 0.3) is 5.69 Å². The van der Waals surface area contributed by atoms with Gasteiger partial charge in [0.05, 0.1) is 37.8 Å². The highest BCUT2D eigenvalue weighted by atomic mass is 79.9. The van der Waals surface area contributed by atoms with Crippen molar-refractivity contribution in [2.45, 2.75) is 26.4 Å². The number of aromatic amines is 1. The highest BCUT2D eigenvalue weighted by Gasteiger charge is 2.23. The summed E-state index contributed by atoms with van der Waals surface area (Å²) in [4.78, 5) is 0. The van der Waals surface area contributed by atoms with Gasteiger partial charge in [0.25, 0.3) is 0 Å². The Hall–Kier alpha value is -2.96. The first-order valence-corrected chi connectivity index (χ1v) is 12.4. The van der Waals surface area contributed by atoms with Crippen LogP contribution < -0.4 is 0 Å². The van der Waals surface area contributed by atoms with Crippen LogP contribution in [-0.4, -0.2) is 46.4 Å². The lowest BCUT2D eigenvalue weighted by atomic mass is 10.1. The van der Waals surface area contributed by atoms with Crippen molar-refractivity contribution in [2.24, 2.45) is 0 Å². The number of nitrogens with one attached hydrogen (secondary N) is 1. The van der Waals surface area contributed by atoms with E-state index in [2.05, 4.69) is 31.2 Å². The van der Waals surface area contributed by atoms with Gasteiger partial charge in [0.15, 0.2) is 12.6 Å². The largest absolute Gasteiger partial charge is 0.346 e. The Morgan fingerprint density at radius 3 is 1.95 bits per heavy atom. The van der Waals surface area contributed by atoms with Gasteiger partial charge in [-0.3, -0.25) is 5.10 Å². The summed E-state index contributed by atoms with van der Waals surface area (Å²) in [6, 6.07) is 12.8. The van der Waals surface area contributed by atoms with Crippen molar-refractivity contribution in [3.8, 4) is 5.69 Å². The van der Waals surface area contributed by atoms with Crippen LogP contribution in [0.1, 0.15) is 35.1 Å². The molecule has 0 amide bonds. The van der Waals surface area contributed by atoms with Crippen LogP contribution in [0.3, 0.4) is 0 Å². The second-order valence-electron chi connectivity index (χ2n) is 8.16. The van der Waals surface area contributed by atoms with Crippen molar-refractivity contribution in [1.29, 1.82) is 0 Å². The molecule has 2 aromatic carbocycles. The Kier molecular flexibility index (Phi) is 9.53. The normalized spacial score (nSPS) is 15.7. The van der Waals surface area contributed by atoms with Crippen molar-refractivity contribution in [3.05, 3.63) is 99.5 Å². The number of aromatic nitrogens is 4. The molecular weight excluding hydrogens is 550 g/mol. The second kappa shape index (κ2) is 13.0. The SMILES string of the molecule is Cc1ccn(-c2ccc(F)cc2C2OCCO2)n1.Cc1ccn[nH]1.Fc1ccc(Br)c(C2OCCO2)c1. The van der Waals surface area contributed by atoms with E-state index in [-0.39, 0.29) is 11.6 Å². The van der Waals surface area contributed by atoms with Crippen LogP contribution in [0.15, 0.2) is 65.4 Å². The van der Waals surface area contributed by atoms with Crippen molar-refractivity contribution in [2.75, 3.05) is 26.4 Å². The summed E-state index contributed by atoms with van der Waals surface area (Å²) in [6.45, 7) is 6.05. The minimum Gasteiger partial charge on any atom is -0.346 e. The monoisotopic (exact) mass is 576 g/mol. The molecule has 4 heterocycles. The van der Waals surface area contributed by atoms with E-state index < -0.39 is 12.6 Å². The van der Waals surface area contributed by atoms with E-state index in [9.17, 15) is 8.78 Å². The Balaban J connectivity index is 0.000000146. The summed E-state index contributed by atoms with van der Waals surface area (Å²) < 4.78 is 50.1. The van der Waals surface area contributed by atoms with Gasteiger partial charge < -0.3 is 18.9 Å². The first kappa shape index (κ1) is 27.1. The van der Waals surface area contributed by atoms with Gasteiger partial charge in [-0.25, -0.2) is 13.5 Å². The molecule has 2 aliphatic rings. The van der Waals surface area contributed by atoms with E-state index in [4.69, 9.17) is 18.9 Å². The first-order valence-electron chi connectivity index (χ1n) is 11.6. The molecule has 0 aliphatic carbocycles. The maximum atomic E-state index is 13.4. The summed E-state index contributed by atoms with van der Waals surface area (Å²) in [5.41, 5.74) is 4.15. The standard InChI is InChI=1S/C13H13FN2O2.C9H8BrFO2.C4H6N2/c1-9-4-5-16(15-9)12-3-2-10(14)8-11(12)13-17-6-7-18-13;10-8-2-1-6(11)5-7(8)9-12-3-4-13-9;1-4-2-3-5-6-4/h2-5,8,13H,6-7H2,1H3;1-2,5,9H,3-4H2;2-3H,1H3,(H,5,6). The maximum Gasteiger partial charge on any atom is 0.186 e. The minimum atomic E-state index is -0.514. The summed E-state index contributed by atoms with van der Waals surface area (Å²) in [7, 11) is 0. The molecule has 196 valence electrons. The molecule has 4 aromatic rings. The number of nitrogens with zero attached hydrogens (tertiary/aromatic N) is 3. The zero-order valence-corrected chi connectivity index (χ0v) is 22.0. The quantitative estimate of drug-likeness (QED) is 0.336. The number of H-pyrrole nitrogens is 1. The lowest BCUT2D eigenvalue weighted by Crippen LogP contribution is -2.07. The molecule has 2 saturated heterocycles. The van der Waals surface area contributed by atoms with E-state index in [1.807, 2.05) is 32.2 Å². The fourth-order valence-corrected chi connectivity index (χ4v) is 4.00. The third-order valence-corrected chi connectivity index (χ3v) is 6.03. The van der Waals surface area contributed by atoms with Crippen LogP contribution in [0.5, 0.6) is 0 Å². The molecule has 2 aromatic heterocycles. The van der Waals surface area contributed by atoms with Crippen molar-refractivity contribution in [3.63, 3.8) is 0 Å². The summed E-state index contributed by atoms with van der Waals surface area (Å²) in [6.07, 6.45) is 2.63. The lowest BCUT2D eigenvalue weighted by molar-refractivity contribution is -0.0448. The van der Waals surface area contributed by atoms with Crippen LogP contribution in [0.2, 0.25) is 0 Å². The predicted octanol–water partition coefficient (Wildman–Crippen LogP) is 5.72. The number of hydrogen-bond acceptors (Lipinski definition) is 6. The van der Waals surface area contributed by atoms with Crippen LogP contribution in [0.4, 0.5) is 8.78 Å². The molecule has 8 nitrogen and oxygen atoms in total. The Labute approximate surface area is 221 Å². The summed E-state index contributed by atoms with van der Waals surface area (Å²) >= 11 is 3.31. The maximum absolute atomic E-state index is 13.4. The van der Waals surface area contributed by atoms with E-state index in [0.717, 1.165) is 21.5 Å². The molecular formula is C26H27BrF2N4O4. The molecule has 37 heavy (non-hydrogen) atoms. The van der Waals surface area contributed by atoms with Crippen molar-refractivity contribution >= 4 is 15.9 Å². The van der Waals surface area contributed by atoms with Gasteiger partial charge in [0.1, 0.15) is 11.6 Å². The Morgan fingerprint density at radius 2 is 1.43 bits per heavy atom. The molecule has 0 bridgehead atoms. The fourth-order valence-electron chi connectivity index (χ4n) is 3.57. The zero-order chi connectivity index (χ0) is 26.2. The number of ether oxygens (including phenoxy) is 4. The van der Waals surface area contributed by atoms with Gasteiger partial charge in [0.2, 0.25) is 0 Å². The second-order valence-corrected chi connectivity index (χ2v) is 9.01. The van der Waals surface area contributed by atoms with Crippen LogP contribution in [-0.2, 0) is 18.9 Å². The van der Waals surface area contributed by atoms with E-state index in [1.165, 1.54) is 24.3 Å². The Bertz CT molecular complexity index is 1270. The Morgan fingerprint density at radius 1 is 0.838 bits per heavy atom. The molecule has 0 saturated carbocycles. The number of hydrogen-bond donors (Lipinski definition) is 1. The number of rotatable bonds is 3. The third kappa shape index (κ3) is 7.53. The molecule has 2 fully saturated rings. The van der Waals surface area contributed by atoms with Gasteiger partial charge in [-0.15, -0.1) is 0 Å². The van der Waals surface area contributed by atoms with Crippen molar-refractivity contribution in [1.82, 2.24) is 20.0 Å². The first-order chi connectivity index (χ1) is 17.9. The van der Waals surface area contributed by atoms with Crippen LogP contribution >= 0.6 is 15.9 Å². The molecule has 6 rings (SSSR count). The fraction of sp³-hybridized carbons (Fsp3) is 0.308. The zero-order valence-electron chi connectivity index (χ0n) is 20.4. The molecule has 0 unspecified atom stereocenters. The van der Waals surface area contributed by atoms with E-state index >= 15 is 0 Å². The van der Waals surface area contributed by atoms with Crippen LogP contribution in [0, 0.1) is 25.5 Å². The highest BCUT2D eigenvalue weighted by Crippen LogP contribution is 2.30. The number of benzene rings is 2. The highest BCUT2D eigenvalue weighted by molar-refractivity contribution is 9.10. The molecule has 11 heteroatoms. The van der Waals surface area contributed by atoms with E-state index in [0.29, 0.717) is 37.6 Å². The average Bonchev–Trinajstić information content (AvgIpc) is 3.70. The third-order valence-electron chi connectivity index (χ3n) is 5.31. The van der Waals surface area contributed by atoms with Crippen molar-refractivity contribution < 1.29 is 27.7 Å². The summed E-state index contributed by atoms with van der Waals surface area (Å²) in [5, 5.41) is 10.8. The number of halogens is 3. The van der Waals surface area contributed by atoms with Gasteiger partial charge in [-0.1, -0.05) is 15.9 Å². The molecule has 0 radical (unpaired) electrons. The predicted molar refractivity (Wildman–Crippen MR) is 135 cm³/mol. The average molecular weight is 577 g/mol. The number of aryl methyl sites for hydroxylation is 2. The smallest absolute Gasteiger partial charge is 0.186 e. The van der Waals surface area contributed by atoms with E-state index in [1.54, 1.807) is 23.0 Å². The van der Waals surface area contributed by atoms with Gasteiger partial charge in [0, 0.05) is 33.7 Å². The molecule has 0 spiro atoms. The molecule has 0 atom stereocenters. The minimum absolute atomic E-state index is 0.280. The van der Waals surface area contributed by atoms with Gasteiger partial charge in [-0.05, 0) is 62.4 Å². The van der Waals surface area contributed by atoms with Gasteiger partial charge in [-0.2, -0.15) is 10.2 Å².